The van der Waals surface area contributed by atoms with Gasteiger partial charge in [0.15, 0.2) is 0 Å². The Bertz CT molecular complexity index is 844. The van der Waals surface area contributed by atoms with Gasteiger partial charge in [0, 0.05) is 29.2 Å². The monoisotopic (exact) mass is 311 g/mol. The number of carboxylic acids is 1. The van der Waals surface area contributed by atoms with Crippen molar-refractivity contribution < 1.29 is 9.90 Å². The molecule has 0 aliphatic rings. The highest BCUT2D eigenvalue weighted by molar-refractivity contribution is 7.17. The molecule has 110 valence electrons. The summed E-state index contributed by atoms with van der Waals surface area (Å²) in [6.07, 6.45) is 3.31. The Morgan fingerprint density at radius 3 is 2.55 bits per heavy atom. The van der Waals surface area contributed by atoms with Gasteiger partial charge in [-0.15, -0.1) is 11.3 Å². The summed E-state index contributed by atoms with van der Waals surface area (Å²) in [5.41, 5.74) is 9.48. The molecule has 5 nitrogen and oxygen atoms in total. The largest absolute Gasteiger partial charge is 0.477 e. The van der Waals surface area contributed by atoms with Crippen LogP contribution in [0.25, 0.3) is 21.8 Å². The normalized spacial score (nSPS) is 10.6. The zero-order valence-electron chi connectivity index (χ0n) is 11.8. The van der Waals surface area contributed by atoms with Crippen molar-refractivity contribution in [1.82, 2.24) is 9.97 Å². The van der Waals surface area contributed by atoms with E-state index in [1.807, 2.05) is 19.1 Å². The van der Waals surface area contributed by atoms with Crippen LogP contribution in [-0.2, 0) is 0 Å². The number of nitrogens with two attached hydrogens (primary N) is 1. The third-order valence-corrected chi connectivity index (χ3v) is 4.39. The number of nitrogens with zero attached hydrogens (tertiary/aromatic N) is 2. The number of aromatic nitrogens is 2. The SMILES string of the molecule is Cc1ccc(-c2nc(-c3ccncc3)sc2C(=O)O)cc1N. The molecule has 0 fully saturated rings. The Morgan fingerprint density at radius 1 is 1.18 bits per heavy atom. The van der Waals surface area contributed by atoms with Gasteiger partial charge in [0.25, 0.3) is 0 Å². The topological polar surface area (TPSA) is 89.1 Å². The van der Waals surface area contributed by atoms with Crippen molar-refractivity contribution in [2.45, 2.75) is 6.92 Å². The molecule has 0 spiro atoms. The van der Waals surface area contributed by atoms with Crippen LogP contribution in [0.1, 0.15) is 15.2 Å². The minimum atomic E-state index is -0.994. The second kappa shape index (κ2) is 5.57. The van der Waals surface area contributed by atoms with Crippen LogP contribution in [0.4, 0.5) is 5.69 Å². The second-order valence-corrected chi connectivity index (χ2v) is 5.81. The average Bonchev–Trinajstić information content (AvgIpc) is 2.96. The van der Waals surface area contributed by atoms with E-state index in [-0.39, 0.29) is 4.88 Å². The summed E-state index contributed by atoms with van der Waals surface area (Å²) in [4.78, 5) is 20.2. The third kappa shape index (κ3) is 2.56. The third-order valence-electron chi connectivity index (χ3n) is 3.30. The molecule has 0 aliphatic carbocycles. The number of aromatic carboxylic acids is 1. The highest BCUT2D eigenvalue weighted by Crippen LogP contribution is 2.34. The molecule has 1 aromatic carbocycles. The summed E-state index contributed by atoms with van der Waals surface area (Å²) in [6, 6.07) is 9.06. The fourth-order valence-corrected chi connectivity index (χ4v) is 3.00. The molecule has 6 heteroatoms. The molecule has 0 unspecified atom stereocenters. The van der Waals surface area contributed by atoms with E-state index in [0.29, 0.717) is 22.0 Å². The first-order chi connectivity index (χ1) is 10.6. The maximum atomic E-state index is 11.5. The van der Waals surface area contributed by atoms with E-state index < -0.39 is 5.97 Å². The Hall–Kier alpha value is -2.73. The Labute approximate surface area is 131 Å². The van der Waals surface area contributed by atoms with Gasteiger partial charge < -0.3 is 10.8 Å². The van der Waals surface area contributed by atoms with Gasteiger partial charge >= 0.3 is 5.97 Å². The molecule has 2 heterocycles. The van der Waals surface area contributed by atoms with E-state index in [9.17, 15) is 9.90 Å². The number of nitrogen functional groups attached to an aromatic ring is 1. The van der Waals surface area contributed by atoms with Gasteiger partial charge in [0.1, 0.15) is 9.88 Å². The number of anilines is 1. The van der Waals surface area contributed by atoms with Gasteiger partial charge in [-0.25, -0.2) is 9.78 Å². The minimum Gasteiger partial charge on any atom is -0.477 e. The lowest BCUT2D eigenvalue weighted by Gasteiger charge is -2.03. The predicted octanol–water partition coefficient (Wildman–Crippen LogP) is 3.46. The molecule has 3 N–H and O–H groups in total. The number of carboxylic acid groups (broad SMARTS) is 1. The minimum absolute atomic E-state index is 0.204. The van der Waals surface area contributed by atoms with Crippen LogP contribution in [-0.4, -0.2) is 21.0 Å². The Kier molecular flexibility index (Phi) is 3.60. The molecule has 0 aliphatic heterocycles. The first-order valence-electron chi connectivity index (χ1n) is 6.57. The van der Waals surface area contributed by atoms with Gasteiger partial charge in [0.05, 0.1) is 5.69 Å². The number of benzene rings is 1. The van der Waals surface area contributed by atoms with Crippen LogP contribution >= 0.6 is 11.3 Å². The van der Waals surface area contributed by atoms with Crippen molar-refractivity contribution in [2.75, 3.05) is 5.73 Å². The summed E-state index contributed by atoms with van der Waals surface area (Å²) in [5, 5.41) is 10.1. The quantitative estimate of drug-likeness (QED) is 0.723. The van der Waals surface area contributed by atoms with E-state index >= 15 is 0 Å². The molecule has 0 bridgehead atoms. The van der Waals surface area contributed by atoms with Gasteiger partial charge in [-0.1, -0.05) is 12.1 Å². The van der Waals surface area contributed by atoms with Gasteiger partial charge in [-0.2, -0.15) is 0 Å². The van der Waals surface area contributed by atoms with Gasteiger partial charge in [-0.3, -0.25) is 4.98 Å². The molecule has 0 saturated heterocycles. The van der Waals surface area contributed by atoms with E-state index in [0.717, 1.165) is 22.5 Å². The van der Waals surface area contributed by atoms with Gasteiger partial charge in [-0.05, 0) is 30.7 Å². The van der Waals surface area contributed by atoms with Crippen LogP contribution in [0.3, 0.4) is 0 Å². The molecule has 0 saturated carbocycles. The van der Waals surface area contributed by atoms with E-state index in [1.54, 1.807) is 30.6 Å². The smallest absolute Gasteiger partial charge is 0.348 e. The predicted molar refractivity (Wildman–Crippen MR) is 86.9 cm³/mol. The molecule has 3 rings (SSSR count). The number of hydrogen-bond donors (Lipinski definition) is 2. The summed E-state index contributed by atoms with van der Waals surface area (Å²) in [7, 11) is 0. The van der Waals surface area contributed by atoms with Crippen molar-refractivity contribution >= 4 is 23.0 Å². The van der Waals surface area contributed by atoms with Crippen LogP contribution in [0.15, 0.2) is 42.7 Å². The van der Waals surface area contributed by atoms with Crippen molar-refractivity contribution in [3.8, 4) is 21.8 Å². The zero-order chi connectivity index (χ0) is 15.7. The van der Waals surface area contributed by atoms with Crippen molar-refractivity contribution in [3.05, 3.63) is 53.2 Å². The Balaban J connectivity index is 2.16. The van der Waals surface area contributed by atoms with Crippen LogP contribution in [0.2, 0.25) is 0 Å². The first kappa shape index (κ1) is 14.2. The zero-order valence-corrected chi connectivity index (χ0v) is 12.6. The molecular formula is C16H13N3O2S. The van der Waals surface area contributed by atoms with Crippen LogP contribution in [0.5, 0.6) is 0 Å². The molecular weight excluding hydrogens is 298 g/mol. The van der Waals surface area contributed by atoms with E-state index in [4.69, 9.17) is 5.73 Å². The number of hydrogen-bond acceptors (Lipinski definition) is 5. The standard InChI is InChI=1S/C16H13N3O2S/c1-9-2-3-11(8-12(9)17)13-14(16(20)21)22-15(19-13)10-4-6-18-7-5-10/h2-8H,17H2,1H3,(H,20,21). The molecule has 2 aromatic heterocycles. The van der Waals surface area contributed by atoms with E-state index in [1.165, 1.54) is 0 Å². The highest BCUT2D eigenvalue weighted by atomic mass is 32.1. The molecule has 0 atom stereocenters. The molecule has 22 heavy (non-hydrogen) atoms. The number of carbonyl (C=O) groups is 1. The molecule has 0 amide bonds. The van der Waals surface area contributed by atoms with Crippen molar-refractivity contribution in [2.24, 2.45) is 0 Å². The van der Waals surface area contributed by atoms with Crippen LogP contribution < -0.4 is 5.73 Å². The lowest BCUT2D eigenvalue weighted by molar-refractivity contribution is 0.0702. The summed E-state index contributed by atoms with van der Waals surface area (Å²) in [5.74, 6) is -0.994. The fourth-order valence-electron chi connectivity index (χ4n) is 2.07. The summed E-state index contributed by atoms with van der Waals surface area (Å²) >= 11 is 1.15. The highest BCUT2D eigenvalue weighted by Gasteiger charge is 2.19. The lowest BCUT2D eigenvalue weighted by Crippen LogP contribution is -1.96. The van der Waals surface area contributed by atoms with Crippen molar-refractivity contribution in [1.29, 1.82) is 0 Å². The molecule has 3 aromatic rings. The van der Waals surface area contributed by atoms with E-state index in [2.05, 4.69) is 9.97 Å². The molecule has 0 radical (unpaired) electrons. The fraction of sp³-hybridized carbons (Fsp3) is 0.0625. The maximum Gasteiger partial charge on any atom is 0.348 e. The maximum absolute atomic E-state index is 11.5. The Morgan fingerprint density at radius 2 is 1.91 bits per heavy atom. The van der Waals surface area contributed by atoms with Crippen LogP contribution in [0, 0.1) is 6.92 Å². The summed E-state index contributed by atoms with van der Waals surface area (Å²) < 4.78 is 0. The van der Waals surface area contributed by atoms with Crippen molar-refractivity contribution in [3.63, 3.8) is 0 Å². The number of thiazole rings is 1. The number of rotatable bonds is 3. The summed E-state index contributed by atoms with van der Waals surface area (Å²) in [6.45, 7) is 1.90. The number of aryl methyl sites for hydroxylation is 1. The second-order valence-electron chi connectivity index (χ2n) is 4.81. The number of pyridine rings is 1. The lowest BCUT2D eigenvalue weighted by atomic mass is 10.1. The van der Waals surface area contributed by atoms with Gasteiger partial charge in [0.2, 0.25) is 0 Å². The first-order valence-corrected chi connectivity index (χ1v) is 7.39. The average molecular weight is 311 g/mol.